The predicted octanol–water partition coefficient (Wildman–Crippen LogP) is 4.34. The van der Waals surface area contributed by atoms with Crippen LogP contribution in [0.2, 0.25) is 0 Å². The molecule has 0 aliphatic heterocycles. The predicted molar refractivity (Wildman–Crippen MR) is 114 cm³/mol. The Morgan fingerprint density at radius 1 is 1.00 bits per heavy atom. The lowest BCUT2D eigenvalue weighted by Gasteiger charge is -2.05. The minimum atomic E-state index is -0.240. The summed E-state index contributed by atoms with van der Waals surface area (Å²) in [4.78, 5) is 16.6. The van der Waals surface area contributed by atoms with E-state index in [1.165, 1.54) is 18.0 Å². The summed E-state index contributed by atoms with van der Waals surface area (Å²) >= 11 is 1.35. The normalized spacial score (nSPS) is 11.3. The Labute approximate surface area is 166 Å². The van der Waals surface area contributed by atoms with Crippen molar-refractivity contribution in [1.29, 1.82) is 0 Å². The summed E-state index contributed by atoms with van der Waals surface area (Å²) in [7, 11) is 0. The highest BCUT2D eigenvalue weighted by molar-refractivity contribution is 7.99. The Morgan fingerprint density at radius 3 is 2.64 bits per heavy atom. The van der Waals surface area contributed by atoms with Crippen molar-refractivity contribution in [2.75, 3.05) is 5.75 Å². The molecule has 0 radical (unpaired) electrons. The second-order valence-electron chi connectivity index (χ2n) is 6.14. The minimum Gasteiger partial charge on any atom is -0.507 e. The number of fused-ring (bicyclic) bond motifs is 2. The molecule has 6 heteroatoms. The molecule has 0 fully saturated rings. The van der Waals surface area contributed by atoms with Crippen LogP contribution in [0.15, 0.2) is 82.9 Å². The van der Waals surface area contributed by atoms with Gasteiger partial charge in [-0.05, 0) is 29.0 Å². The Kier molecular flexibility index (Phi) is 5.21. The first-order valence-corrected chi connectivity index (χ1v) is 9.70. The number of rotatable bonds is 5. The number of carbonyl (C=O) groups is 1. The molecule has 0 unspecified atom stereocenters. The Balaban J connectivity index is 1.40. The molecule has 0 saturated carbocycles. The van der Waals surface area contributed by atoms with Crippen LogP contribution in [0.3, 0.4) is 0 Å². The third kappa shape index (κ3) is 3.97. The molecule has 0 saturated heterocycles. The Hall–Kier alpha value is -3.38. The van der Waals surface area contributed by atoms with Crippen molar-refractivity contribution < 1.29 is 9.90 Å². The monoisotopic (exact) mass is 387 g/mol. The van der Waals surface area contributed by atoms with Crippen molar-refractivity contribution >= 4 is 45.6 Å². The van der Waals surface area contributed by atoms with E-state index in [2.05, 4.69) is 15.5 Å². The van der Waals surface area contributed by atoms with Crippen LogP contribution in [-0.2, 0) is 4.79 Å². The number of phenols is 1. The third-order valence-electron chi connectivity index (χ3n) is 4.25. The standard InChI is InChI=1S/C22H17N3O2S/c26-20-11-9-15-5-1-3-7-17(15)18(20)13-23-25-21(27)14-28-22-12-10-16-6-2-4-8-19(16)24-22/h1-13,26H,14H2,(H,25,27)/b23-13+. The van der Waals surface area contributed by atoms with E-state index in [4.69, 9.17) is 0 Å². The largest absolute Gasteiger partial charge is 0.507 e. The summed E-state index contributed by atoms with van der Waals surface area (Å²) in [6, 6.07) is 22.9. The molecule has 0 aliphatic carbocycles. The number of pyridine rings is 1. The van der Waals surface area contributed by atoms with Gasteiger partial charge in [0.1, 0.15) is 5.75 Å². The van der Waals surface area contributed by atoms with E-state index in [9.17, 15) is 9.90 Å². The number of hydrogen-bond donors (Lipinski definition) is 2. The van der Waals surface area contributed by atoms with Crippen LogP contribution in [0, 0.1) is 0 Å². The molecule has 0 aliphatic rings. The number of carbonyl (C=O) groups excluding carboxylic acids is 1. The molecule has 5 nitrogen and oxygen atoms in total. The maximum absolute atomic E-state index is 12.1. The first-order chi connectivity index (χ1) is 13.7. The lowest BCUT2D eigenvalue weighted by Crippen LogP contribution is -2.19. The van der Waals surface area contributed by atoms with Crippen LogP contribution in [-0.4, -0.2) is 28.0 Å². The van der Waals surface area contributed by atoms with Crippen LogP contribution in [0.1, 0.15) is 5.56 Å². The molecule has 2 N–H and O–H groups in total. The minimum absolute atomic E-state index is 0.117. The topological polar surface area (TPSA) is 74.6 Å². The maximum Gasteiger partial charge on any atom is 0.250 e. The Morgan fingerprint density at radius 2 is 1.75 bits per heavy atom. The summed E-state index contributed by atoms with van der Waals surface area (Å²) in [5.41, 5.74) is 3.97. The van der Waals surface area contributed by atoms with E-state index in [1.807, 2.05) is 66.7 Å². The van der Waals surface area contributed by atoms with Gasteiger partial charge >= 0.3 is 0 Å². The lowest BCUT2D eigenvalue weighted by molar-refractivity contribution is -0.118. The van der Waals surface area contributed by atoms with Crippen molar-refractivity contribution in [2.24, 2.45) is 5.10 Å². The van der Waals surface area contributed by atoms with Gasteiger partial charge in [0, 0.05) is 10.9 Å². The van der Waals surface area contributed by atoms with Crippen LogP contribution in [0.4, 0.5) is 0 Å². The van der Waals surface area contributed by atoms with E-state index in [-0.39, 0.29) is 17.4 Å². The summed E-state index contributed by atoms with van der Waals surface area (Å²) in [5.74, 6) is 0.0758. The zero-order valence-corrected chi connectivity index (χ0v) is 15.7. The number of aromatic hydroxyl groups is 1. The van der Waals surface area contributed by atoms with Gasteiger partial charge in [0.15, 0.2) is 0 Å². The quantitative estimate of drug-likeness (QED) is 0.304. The molecule has 4 aromatic rings. The number of phenolic OH excluding ortho intramolecular Hbond substituents is 1. The lowest BCUT2D eigenvalue weighted by atomic mass is 10.0. The van der Waals surface area contributed by atoms with E-state index in [0.717, 1.165) is 26.7 Å². The van der Waals surface area contributed by atoms with Crippen molar-refractivity contribution in [1.82, 2.24) is 10.4 Å². The van der Waals surface area contributed by atoms with E-state index in [1.54, 1.807) is 6.07 Å². The molecular weight excluding hydrogens is 370 g/mol. The molecule has 3 aromatic carbocycles. The molecule has 138 valence electrons. The van der Waals surface area contributed by atoms with Crippen molar-refractivity contribution in [3.8, 4) is 5.75 Å². The van der Waals surface area contributed by atoms with E-state index < -0.39 is 0 Å². The summed E-state index contributed by atoms with van der Waals surface area (Å²) in [5, 5.41) is 17.8. The number of amides is 1. The molecule has 0 spiro atoms. The molecular formula is C22H17N3O2S. The van der Waals surface area contributed by atoms with Gasteiger partial charge in [-0.1, -0.05) is 66.4 Å². The smallest absolute Gasteiger partial charge is 0.250 e. The SMILES string of the molecule is O=C(CSc1ccc2ccccc2n1)N/N=C/c1c(O)ccc2ccccc12. The molecule has 0 bridgehead atoms. The third-order valence-corrected chi connectivity index (χ3v) is 5.18. The number of aromatic nitrogens is 1. The number of hydrogen-bond acceptors (Lipinski definition) is 5. The van der Waals surface area contributed by atoms with Gasteiger partial charge in [-0.15, -0.1) is 0 Å². The van der Waals surface area contributed by atoms with E-state index >= 15 is 0 Å². The van der Waals surface area contributed by atoms with Crippen molar-refractivity contribution in [3.05, 3.63) is 78.4 Å². The highest BCUT2D eigenvalue weighted by Crippen LogP contribution is 2.25. The van der Waals surface area contributed by atoms with Gasteiger partial charge in [-0.25, -0.2) is 10.4 Å². The van der Waals surface area contributed by atoms with Crippen LogP contribution in [0.25, 0.3) is 21.7 Å². The highest BCUT2D eigenvalue weighted by Gasteiger charge is 2.06. The molecule has 1 amide bonds. The van der Waals surface area contributed by atoms with Crippen molar-refractivity contribution in [3.63, 3.8) is 0 Å². The van der Waals surface area contributed by atoms with Gasteiger partial charge < -0.3 is 5.11 Å². The van der Waals surface area contributed by atoms with E-state index in [0.29, 0.717) is 5.56 Å². The average Bonchev–Trinajstić information content (AvgIpc) is 2.73. The van der Waals surface area contributed by atoms with Gasteiger partial charge in [0.25, 0.3) is 0 Å². The average molecular weight is 387 g/mol. The second-order valence-corrected chi connectivity index (χ2v) is 7.14. The van der Waals surface area contributed by atoms with Gasteiger partial charge in [-0.2, -0.15) is 5.10 Å². The van der Waals surface area contributed by atoms with Crippen molar-refractivity contribution in [2.45, 2.75) is 5.03 Å². The molecule has 0 atom stereocenters. The summed E-state index contributed by atoms with van der Waals surface area (Å²) in [6.45, 7) is 0. The first-order valence-electron chi connectivity index (χ1n) is 8.72. The van der Waals surface area contributed by atoms with Gasteiger partial charge in [0.2, 0.25) is 5.91 Å². The van der Waals surface area contributed by atoms with Gasteiger partial charge in [0.05, 0.1) is 22.5 Å². The Bertz CT molecular complexity index is 1190. The molecule has 4 rings (SSSR count). The fourth-order valence-corrected chi connectivity index (χ4v) is 3.56. The molecule has 1 heterocycles. The summed E-state index contributed by atoms with van der Waals surface area (Å²) < 4.78 is 0. The number of benzene rings is 3. The van der Waals surface area contributed by atoms with Crippen LogP contribution < -0.4 is 5.43 Å². The zero-order chi connectivity index (χ0) is 19.3. The highest BCUT2D eigenvalue weighted by atomic mass is 32.2. The molecule has 28 heavy (non-hydrogen) atoms. The second kappa shape index (κ2) is 8.10. The number of para-hydroxylation sites is 1. The molecule has 1 aromatic heterocycles. The first kappa shape index (κ1) is 18.0. The fraction of sp³-hybridized carbons (Fsp3) is 0.0455. The van der Waals surface area contributed by atoms with Crippen LogP contribution >= 0.6 is 11.8 Å². The zero-order valence-electron chi connectivity index (χ0n) is 14.9. The number of nitrogens with zero attached hydrogens (tertiary/aromatic N) is 2. The van der Waals surface area contributed by atoms with Gasteiger partial charge in [-0.3, -0.25) is 4.79 Å². The van der Waals surface area contributed by atoms with Crippen LogP contribution in [0.5, 0.6) is 5.75 Å². The number of hydrazone groups is 1. The fourth-order valence-electron chi connectivity index (χ4n) is 2.89. The number of thioether (sulfide) groups is 1. The summed E-state index contributed by atoms with van der Waals surface area (Å²) in [6.07, 6.45) is 1.47. The maximum atomic E-state index is 12.1. The number of nitrogens with one attached hydrogen (secondary N) is 1.